The number of nitrogens with two attached hydrogens (primary N) is 1. The minimum atomic E-state index is -0.756. The van der Waals surface area contributed by atoms with Gasteiger partial charge in [0.2, 0.25) is 5.91 Å². The number of carbonyl (C=O) groups is 2. The Bertz CT molecular complexity index is 952. The number of likely N-dealkylation sites (tertiary alicyclic amines) is 2. The van der Waals surface area contributed by atoms with Gasteiger partial charge in [0.15, 0.2) is 0 Å². The SMILES string of the molecule is CN(C)C(=O)C1(N2CCCCC2)CCN(CC[C@@H](CC(OC(N)=O)C(C)(C)C)c2ccc(Cl)c(Cl)c2)CC1. The highest BCUT2D eigenvalue weighted by Gasteiger charge is 2.47. The third kappa shape index (κ3) is 7.77. The summed E-state index contributed by atoms with van der Waals surface area (Å²) in [6.07, 6.45) is 5.67. The quantitative estimate of drug-likeness (QED) is 0.408. The van der Waals surface area contributed by atoms with E-state index in [-0.39, 0.29) is 23.3 Å². The molecule has 2 aliphatic rings. The van der Waals surface area contributed by atoms with Crippen LogP contribution >= 0.6 is 23.2 Å². The molecule has 2 amide bonds. The summed E-state index contributed by atoms with van der Waals surface area (Å²) in [6.45, 7) is 10.8. The molecule has 0 radical (unpaired) electrons. The molecule has 2 heterocycles. The third-order valence-electron chi connectivity index (χ3n) is 8.38. The molecule has 1 unspecified atom stereocenters. The van der Waals surface area contributed by atoms with E-state index in [2.05, 4.69) is 30.6 Å². The van der Waals surface area contributed by atoms with Crippen molar-refractivity contribution in [2.75, 3.05) is 46.8 Å². The second-order valence-corrected chi connectivity index (χ2v) is 13.1. The van der Waals surface area contributed by atoms with Crippen LogP contribution in [0.2, 0.25) is 10.0 Å². The van der Waals surface area contributed by atoms with Gasteiger partial charge in [0, 0.05) is 27.2 Å². The van der Waals surface area contributed by atoms with Crippen LogP contribution in [0, 0.1) is 5.41 Å². The molecule has 38 heavy (non-hydrogen) atoms. The molecule has 9 heteroatoms. The van der Waals surface area contributed by atoms with Gasteiger partial charge in [0.05, 0.1) is 10.0 Å². The minimum Gasteiger partial charge on any atom is -0.446 e. The molecule has 1 aromatic rings. The van der Waals surface area contributed by atoms with Gasteiger partial charge in [-0.3, -0.25) is 9.69 Å². The van der Waals surface area contributed by atoms with Crippen molar-refractivity contribution in [2.24, 2.45) is 11.1 Å². The fourth-order valence-electron chi connectivity index (χ4n) is 6.05. The maximum Gasteiger partial charge on any atom is 0.404 e. The van der Waals surface area contributed by atoms with E-state index in [0.717, 1.165) is 57.5 Å². The summed E-state index contributed by atoms with van der Waals surface area (Å²) in [5, 5.41) is 1.04. The highest BCUT2D eigenvalue weighted by atomic mass is 35.5. The monoisotopic (exact) mass is 568 g/mol. The lowest BCUT2D eigenvalue weighted by atomic mass is 9.79. The van der Waals surface area contributed by atoms with E-state index in [9.17, 15) is 9.59 Å². The molecule has 2 N–H and O–H groups in total. The number of piperidine rings is 2. The molecule has 2 atom stereocenters. The molecule has 1 aromatic carbocycles. The van der Waals surface area contributed by atoms with Crippen LogP contribution in [0.25, 0.3) is 0 Å². The number of primary amides is 1. The maximum atomic E-state index is 13.4. The molecule has 0 aliphatic carbocycles. The summed E-state index contributed by atoms with van der Waals surface area (Å²) in [5.74, 6) is 0.342. The standard InChI is InChI=1S/C29H46Cl2N4O3/c1-28(2,3)25(38-27(32)37)20-22(21-9-10-23(30)24(31)19-21)11-16-34-17-12-29(13-18-34,26(36)33(4)5)35-14-7-6-8-15-35/h9-10,19,22,25H,6-8,11-18,20H2,1-5H3,(H2,32,37)/t22-,25?/m0/s1. The number of ether oxygens (including phenoxy) is 1. The molecule has 2 fully saturated rings. The summed E-state index contributed by atoms with van der Waals surface area (Å²) in [7, 11) is 3.75. The van der Waals surface area contributed by atoms with Crippen molar-refractivity contribution >= 4 is 35.2 Å². The van der Waals surface area contributed by atoms with Crippen molar-refractivity contribution in [1.29, 1.82) is 0 Å². The summed E-state index contributed by atoms with van der Waals surface area (Å²) in [6, 6.07) is 5.76. The number of likely N-dealkylation sites (N-methyl/N-ethyl adjacent to an activating group) is 1. The van der Waals surface area contributed by atoms with Crippen LogP contribution in [0.15, 0.2) is 18.2 Å². The van der Waals surface area contributed by atoms with E-state index in [1.807, 2.05) is 32.3 Å². The van der Waals surface area contributed by atoms with Crippen LogP contribution in [0.4, 0.5) is 4.79 Å². The molecule has 0 bridgehead atoms. The van der Waals surface area contributed by atoms with Gasteiger partial charge in [-0.2, -0.15) is 0 Å². The Morgan fingerprint density at radius 3 is 2.21 bits per heavy atom. The second kappa shape index (κ2) is 13.2. The first-order chi connectivity index (χ1) is 17.8. The first-order valence-electron chi connectivity index (χ1n) is 13.9. The average molecular weight is 570 g/mol. The number of carbonyl (C=O) groups excluding carboxylic acids is 2. The molecule has 0 spiro atoms. The summed E-state index contributed by atoms with van der Waals surface area (Å²) < 4.78 is 5.57. The van der Waals surface area contributed by atoms with Gasteiger partial charge in [0.1, 0.15) is 11.6 Å². The average Bonchev–Trinajstić information content (AvgIpc) is 2.87. The topological polar surface area (TPSA) is 79.1 Å². The summed E-state index contributed by atoms with van der Waals surface area (Å²) >= 11 is 12.6. The Balaban J connectivity index is 1.74. The number of hydrogen-bond donors (Lipinski definition) is 1. The second-order valence-electron chi connectivity index (χ2n) is 12.3. The van der Waals surface area contributed by atoms with E-state index in [0.29, 0.717) is 16.5 Å². The van der Waals surface area contributed by atoms with Crippen LogP contribution in [0.3, 0.4) is 0 Å². The van der Waals surface area contributed by atoms with E-state index >= 15 is 0 Å². The molecule has 2 aliphatic heterocycles. The van der Waals surface area contributed by atoms with E-state index in [1.54, 1.807) is 4.90 Å². The molecule has 0 saturated carbocycles. The maximum absolute atomic E-state index is 13.4. The zero-order chi connectivity index (χ0) is 28.1. The lowest BCUT2D eigenvalue weighted by Crippen LogP contribution is -2.64. The van der Waals surface area contributed by atoms with Crippen molar-refractivity contribution in [3.8, 4) is 0 Å². The van der Waals surface area contributed by atoms with Crippen LogP contribution in [-0.2, 0) is 9.53 Å². The van der Waals surface area contributed by atoms with E-state index in [1.165, 1.54) is 19.3 Å². The van der Waals surface area contributed by atoms with Crippen molar-refractivity contribution < 1.29 is 14.3 Å². The number of hydrogen-bond acceptors (Lipinski definition) is 5. The largest absolute Gasteiger partial charge is 0.446 e. The lowest BCUT2D eigenvalue weighted by Gasteiger charge is -2.50. The summed E-state index contributed by atoms with van der Waals surface area (Å²) in [5.41, 5.74) is 5.84. The molecular weight excluding hydrogens is 523 g/mol. The first-order valence-corrected chi connectivity index (χ1v) is 14.7. The Kier molecular flexibility index (Phi) is 10.8. The fraction of sp³-hybridized carbons (Fsp3) is 0.724. The molecule has 214 valence electrons. The summed E-state index contributed by atoms with van der Waals surface area (Å²) in [4.78, 5) is 31.8. The number of amides is 2. The van der Waals surface area contributed by atoms with Gasteiger partial charge < -0.3 is 20.3 Å². The van der Waals surface area contributed by atoms with Crippen LogP contribution in [0.1, 0.15) is 77.2 Å². The third-order valence-corrected chi connectivity index (χ3v) is 9.12. The van der Waals surface area contributed by atoms with Gasteiger partial charge in [0.25, 0.3) is 0 Å². The highest BCUT2D eigenvalue weighted by molar-refractivity contribution is 6.42. The predicted octanol–water partition coefficient (Wildman–Crippen LogP) is 5.78. The van der Waals surface area contributed by atoms with Gasteiger partial charge in [-0.1, -0.05) is 56.5 Å². The smallest absolute Gasteiger partial charge is 0.404 e. The Hall–Kier alpha value is -1.54. The van der Waals surface area contributed by atoms with E-state index in [4.69, 9.17) is 33.7 Å². The minimum absolute atomic E-state index is 0.102. The van der Waals surface area contributed by atoms with Gasteiger partial charge >= 0.3 is 6.09 Å². The number of halogens is 2. The molecule has 2 saturated heterocycles. The molecule has 7 nitrogen and oxygen atoms in total. The molecule has 0 aromatic heterocycles. The number of rotatable bonds is 9. The lowest BCUT2D eigenvalue weighted by molar-refractivity contribution is -0.147. The van der Waals surface area contributed by atoms with Gasteiger partial charge in [-0.15, -0.1) is 0 Å². The van der Waals surface area contributed by atoms with E-state index < -0.39 is 11.6 Å². The van der Waals surface area contributed by atoms with Gasteiger partial charge in [-0.05, 0) is 87.2 Å². The Morgan fingerprint density at radius 2 is 1.68 bits per heavy atom. The molecular formula is C29H46Cl2N4O3. The Labute approximate surface area is 238 Å². The predicted molar refractivity (Wildman–Crippen MR) is 155 cm³/mol. The number of benzene rings is 1. The van der Waals surface area contributed by atoms with Gasteiger partial charge in [-0.25, -0.2) is 4.79 Å². The van der Waals surface area contributed by atoms with Crippen LogP contribution in [-0.4, -0.2) is 85.2 Å². The van der Waals surface area contributed by atoms with Crippen LogP contribution < -0.4 is 5.73 Å². The molecule has 3 rings (SSSR count). The number of nitrogens with zero attached hydrogens (tertiary/aromatic N) is 3. The van der Waals surface area contributed by atoms with Crippen molar-refractivity contribution in [3.63, 3.8) is 0 Å². The van der Waals surface area contributed by atoms with Crippen molar-refractivity contribution in [3.05, 3.63) is 33.8 Å². The van der Waals surface area contributed by atoms with Crippen LogP contribution in [0.5, 0.6) is 0 Å². The zero-order valence-corrected chi connectivity index (χ0v) is 25.3. The highest BCUT2D eigenvalue weighted by Crippen LogP contribution is 2.37. The van der Waals surface area contributed by atoms with Crippen molar-refractivity contribution in [2.45, 2.75) is 83.3 Å². The Morgan fingerprint density at radius 1 is 1.05 bits per heavy atom. The fourth-order valence-corrected chi connectivity index (χ4v) is 6.36. The first kappa shape index (κ1) is 31.0. The normalized spacial score (nSPS) is 20.5. The van der Waals surface area contributed by atoms with Crippen molar-refractivity contribution in [1.82, 2.24) is 14.7 Å². The zero-order valence-electron chi connectivity index (χ0n) is 23.8.